The Hall–Kier alpha value is -3.06. The van der Waals surface area contributed by atoms with Gasteiger partial charge in [-0.1, -0.05) is 18.2 Å². The van der Waals surface area contributed by atoms with Crippen LogP contribution in [0.2, 0.25) is 0 Å². The van der Waals surface area contributed by atoms with Gasteiger partial charge in [0.15, 0.2) is 0 Å². The normalized spacial score (nSPS) is 15.6. The number of benzene rings is 2. The fourth-order valence-corrected chi connectivity index (χ4v) is 3.87. The molecule has 0 radical (unpaired) electrons. The monoisotopic (exact) mass is 380 g/mol. The molecule has 0 spiro atoms. The first-order valence-electron chi connectivity index (χ1n) is 9.50. The third-order valence-corrected chi connectivity index (χ3v) is 5.41. The van der Waals surface area contributed by atoms with Gasteiger partial charge in [0.25, 0.3) is 5.69 Å². The SMILES string of the molecule is COc1cc([N+](=O)[O-])ccc1NC1CCN(Cc2c[nH]c3ccccc23)CC1. The second kappa shape index (κ2) is 7.90. The quantitative estimate of drug-likeness (QED) is 0.495. The van der Waals surface area contributed by atoms with Crippen molar-refractivity contribution in [1.29, 1.82) is 0 Å². The van der Waals surface area contributed by atoms with Crippen molar-refractivity contribution in [3.63, 3.8) is 0 Å². The highest BCUT2D eigenvalue weighted by Gasteiger charge is 2.21. The van der Waals surface area contributed by atoms with Gasteiger partial charge >= 0.3 is 0 Å². The van der Waals surface area contributed by atoms with Crippen molar-refractivity contribution in [1.82, 2.24) is 9.88 Å². The van der Waals surface area contributed by atoms with Crippen molar-refractivity contribution in [2.24, 2.45) is 0 Å². The summed E-state index contributed by atoms with van der Waals surface area (Å²) in [6.07, 6.45) is 4.14. The molecule has 1 aliphatic heterocycles. The predicted octanol–water partition coefficient (Wildman–Crippen LogP) is 4.16. The fourth-order valence-electron chi connectivity index (χ4n) is 3.87. The minimum Gasteiger partial charge on any atom is -0.494 e. The van der Waals surface area contributed by atoms with Crippen LogP contribution in [0.15, 0.2) is 48.7 Å². The molecule has 2 heterocycles. The Kier molecular flexibility index (Phi) is 5.16. The Bertz CT molecular complexity index is 977. The maximum Gasteiger partial charge on any atom is 0.273 e. The lowest BCUT2D eigenvalue weighted by atomic mass is 10.0. The van der Waals surface area contributed by atoms with Gasteiger partial charge in [0, 0.05) is 48.8 Å². The molecule has 1 aromatic heterocycles. The van der Waals surface area contributed by atoms with Gasteiger partial charge in [-0.2, -0.15) is 0 Å². The number of hydrogen-bond donors (Lipinski definition) is 2. The van der Waals surface area contributed by atoms with E-state index in [4.69, 9.17) is 4.74 Å². The number of H-pyrrole nitrogens is 1. The van der Waals surface area contributed by atoms with Crippen LogP contribution in [0, 0.1) is 10.1 Å². The van der Waals surface area contributed by atoms with Crippen LogP contribution in [0.1, 0.15) is 18.4 Å². The molecule has 0 bridgehead atoms. The minimum atomic E-state index is -0.407. The summed E-state index contributed by atoms with van der Waals surface area (Å²) in [6.45, 7) is 2.95. The molecular weight excluding hydrogens is 356 g/mol. The number of likely N-dealkylation sites (tertiary alicyclic amines) is 1. The van der Waals surface area contributed by atoms with E-state index in [1.807, 2.05) is 6.07 Å². The number of rotatable bonds is 6. The third kappa shape index (κ3) is 3.80. The predicted molar refractivity (Wildman–Crippen MR) is 110 cm³/mol. The molecule has 4 rings (SSSR count). The second-order valence-electron chi connectivity index (χ2n) is 7.20. The number of nitrogens with zero attached hydrogens (tertiary/aromatic N) is 2. The van der Waals surface area contributed by atoms with Crippen LogP contribution in [-0.2, 0) is 6.54 Å². The largest absolute Gasteiger partial charge is 0.494 e. The van der Waals surface area contributed by atoms with Crippen LogP contribution in [0.25, 0.3) is 10.9 Å². The van der Waals surface area contributed by atoms with Crippen LogP contribution in [0.3, 0.4) is 0 Å². The zero-order valence-electron chi connectivity index (χ0n) is 15.9. The number of hydrogen-bond acceptors (Lipinski definition) is 5. The summed E-state index contributed by atoms with van der Waals surface area (Å²) in [4.78, 5) is 16.3. The number of nitro benzene ring substituents is 1. The molecule has 1 aliphatic rings. The van der Waals surface area contributed by atoms with Crippen molar-refractivity contribution >= 4 is 22.3 Å². The van der Waals surface area contributed by atoms with Crippen molar-refractivity contribution in [2.45, 2.75) is 25.4 Å². The first kappa shape index (κ1) is 18.3. The summed E-state index contributed by atoms with van der Waals surface area (Å²) in [5.74, 6) is 0.510. The smallest absolute Gasteiger partial charge is 0.273 e. The first-order valence-corrected chi connectivity index (χ1v) is 9.50. The molecule has 2 aromatic carbocycles. The molecule has 3 aromatic rings. The average molecular weight is 380 g/mol. The van der Waals surface area contributed by atoms with E-state index in [1.54, 1.807) is 6.07 Å². The molecule has 7 heteroatoms. The first-order chi connectivity index (χ1) is 13.6. The summed E-state index contributed by atoms with van der Waals surface area (Å²) in [7, 11) is 1.54. The zero-order valence-corrected chi connectivity index (χ0v) is 15.9. The second-order valence-corrected chi connectivity index (χ2v) is 7.20. The lowest BCUT2D eigenvalue weighted by Crippen LogP contribution is -2.38. The van der Waals surface area contributed by atoms with Crippen LogP contribution < -0.4 is 10.1 Å². The van der Waals surface area contributed by atoms with Crippen molar-refractivity contribution in [2.75, 3.05) is 25.5 Å². The number of non-ortho nitro benzene ring substituents is 1. The Morgan fingerprint density at radius 3 is 2.79 bits per heavy atom. The Morgan fingerprint density at radius 2 is 2.04 bits per heavy atom. The molecule has 0 atom stereocenters. The lowest BCUT2D eigenvalue weighted by Gasteiger charge is -2.33. The Labute approximate surface area is 163 Å². The summed E-state index contributed by atoms with van der Waals surface area (Å²) in [6, 6.07) is 13.4. The van der Waals surface area contributed by atoms with Gasteiger partial charge in [-0.15, -0.1) is 0 Å². The van der Waals surface area contributed by atoms with Crippen LogP contribution in [-0.4, -0.2) is 41.0 Å². The molecule has 7 nitrogen and oxygen atoms in total. The fraction of sp³-hybridized carbons (Fsp3) is 0.333. The molecule has 0 aliphatic carbocycles. The number of nitrogens with one attached hydrogen (secondary N) is 2. The van der Waals surface area contributed by atoms with Crippen molar-refractivity contribution in [3.8, 4) is 5.75 Å². The molecule has 1 fully saturated rings. The van der Waals surface area contributed by atoms with Gasteiger partial charge in [0.05, 0.1) is 23.8 Å². The molecule has 1 saturated heterocycles. The van der Waals surface area contributed by atoms with Gasteiger partial charge in [-0.05, 0) is 30.5 Å². The summed E-state index contributed by atoms with van der Waals surface area (Å²) in [5.41, 5.74) is 3.36. The highest BCUT2D eigenvalue weighted by atomic mass is 16.6. The molecule has 28 heavy (non-hydrogen) atoms. The van der Waals surface area contributed by atoms with E-state index in [0.717, 1.165) is 38.2 Å². The summed E-state index contributed by atoms with van der Waals surface area (Å²) in [5, 5.41) is 15.7. The number of aromatic nitrogens is 1. The lowest BCUT2D eigenvalue weighted by molar-refractivity contribution is -0.384. The number of nitro groups is 1. The number of para-hydroxylation sites is 1. The Morgan fingerprint density at radius 1 is 1.25 bits per heavy atom. The van der Waals surface area contributed by atoms with Gasteiger partial charge in [-0.3, -0.25) is 15.0 Å². The standard InChI is InChI=1S/C21H24N4O3/c1-28-21-12-17(25(26)27)6-7-20(21)23-16-8-10-24(11-9-16)14-15-13-22-19-5-3-2-4-18(15)19/h2-7,12-13,16,22-23H,8-11,14H2,1H3. The average Bonchev–Trinajstić information content (AvgIpc) is 3.12. The zero-order chi connectivity index (χ0) is 19.5. The van der Waals surface area contributed by atoms with E-state index in [9.17, 15) is 10.1 Å². The van der Waals surface area contributed by atoms with Crippen molar-refractivity contribution in [3.05, 3.63) is 64.3 Å². The van der Waals surface area contributed by atoms with Crippen LogP contribution in [0.5, 0.6) is 5.75 Å². The number of fused-ring (bicyclic) bond motifs is 1. The van der Waals surface area contributed by atoms with Gasteiger partial charge < -0.3 is 15.0 Å². The minimum absolute atomic E-state index is 0.0379. The van der Waals surface area contributed by atoms with Crippen molar-refractivity contribution < 1.29 is 9.66 Å². The van der Waals surface area contributed by atoms with E-state index < -0.39 is 4.92 Å². The van der Waals surface area contributed by atoms with E-state index in [1.165, 1.54) is 35.7 Å². The van der Waals surface area contributed by atoms with Crippen LogP contribution >= 0.6 is 0 Å². The van der Waals surface area contributed by atoms with E-state index in [0.29, 0.717) is 11.8 Å². The highest BCUT2D eigenvalue weighted by molar-refractivity contribution is 5.82. The number of aromatic amines is 1. The number of piperidine rings is 1. The summed E-state index contributed by atoms with van der Waals surface area (Å²) < 4.78 is 5.33. The molecule has 2 N–H and O–H groups in total. The van der Waals surface area contributed by atoms with E-state index in [2.05, 4.69) is 39.6 Å². The maximum atomic E-state index is 10.9. The number of methoxy groups -OCH3 is 1. The number of ether oxygens (including phenoxy) is 1. The number of anilines is 1. The topological polar surface area (TPSA) is 83.4 Å². The third-order valence-electron chi connectivity index (χ3n) is 5.41. The van der Waals surface area contributed by atoms with E-state index >= 15 is 0 Å². The van der Waals surface area contributed by atoms with Crippen LogP contribution in [0.4, 0.5) is 11.4 Å². The Balaban J connectivity index is 1.36. The van der Waals surface area contributed by atoms with Gasteiger partial charge in [0.2, 0.25) is 0 Å². The maximum absolute atomic E-state index is 10.9. The van der Waals surface area contributed by atoms with Gasteiger partial charge in [0.1, 0.15) is 5.75 Å². The molecular formula is C21H24N4O3. The highest BCUT2D eigenvalue weighted by Crippen LogP contribution is 2.31. The molecule has 0 saturated carbocycles. The summed E-state index contributed by atoms with van der Waals surface area (Å²) >= 11 is 0. The van der Waals surface area contributed by atoms with E-state index in [-0.39, 0.29) is 5.69 Å². The van der Waals surface area contributed by atoms with Gasteiger partial charge in [-0.25, -0.2) is 0 Å². The molecule has 0 unspecified atom stereocenters. The molecule has 0 amide bonds. The molecule has 146 valence electrons.